The van der Waals surface area contributed by atoms with Crippen molar-refractivity contribution in [3.8, 4) is 0 Å². The zero-order valence-corrected chi connectivity index (χ0v) is 11.1. The third-order valence-corrected chi connectivity index (χ3v) is 3.03. The van der Waals surface area contributed by atoms with Gasteiger partial charge in [0.15, 0.2) is 0 Å². The second kappa shape index (κ2) is 7.24. The SMILES string of the molecule is CCCCC(OC(N)=O)C(O)c1ccccc1Cl. The minimum atomic E-state index is -0.960. The molecule has 0 spiro atoms. The van der Waals surface area contributed by atoms with Crippen LogP contribution < -0.4 is 5.73 Å². The van der Waals surface area contributed by atoms with Crippen LogP contribution in [-0.2, 0) is 4.74 Å². The predicted molar refractivity (Wildman–Crippen MR) is 70.4 cm³/mol. The van der Waals surface area contributed by atoms with E-state index in [2.05, 4.69) is 0 Å². The van der Waals surface area contributed by atoms with E-state index in [1.807, 2.05) is 6.92 Å². The number of primary amides is 1. The summed E-state index contributed by atoms with van der Waals surface area (Å²) in [5.74, 6) is 0. The molecule has 5 heteroatoms. The molecule has 2 atom stereocenters. The van der Waals surface area contributed by atoms with Crippen LogP contribution in [0.1, 0.15) is 37.9 Å². The average molecular weight is 272 g/mol. The van der Waals surface area contributed by atoms with E-state index in [9.17, 15) is 9.90 Å². The van der Waals surface area contributed by atoms with Gasteiger partial charge in [0.2, 0.25) is 0 Å². The molecule has 0 heterocycles. The molecular weight excluding hydrogens is 254 g/mol. The van der Waals surface area contributed by atoms with Crippen LogP contribution in [0.5, 0.6) is 0 Å². The molecule has 18 heavy (non-hydrogen) atoms. The Hall–Kier alpha value is -1.26. The Morgan fingerprint density at radius 1 is 1.50 bits per heavy atom. The average Bonchev–Trinajstić information content (AvgIpc) is 2.34. The van der Waals surface area contributed by atoms with Gasteiger partial charge in [0.25, 0.3) is 0 Å². The first-order chi connectivity index (χ1) is 8.56. The highest BCUT2D eigenvalue weighted by Crippen LogP contribution is 2.28. The van der Waals surface area contributed by atoms with Gasteiger partial charge in [-0.05, 0) is 18.9 Å². The van der Waals surface area contributed by atoms with E-state index in [4.69, 9.17) is 22.1 Å². The number of amides is 1. The first kappa shape index (κ1) is 14.8. The fraction of sp³-hybridized carbons (Fsp3) is 0.462. The van der Waals surface area contributed by atoms with Gasteiger partial charge in [0, 0.05) is 10.6 Å². The number of rotatable bonds is 6. The first-order valence-electron chi connectivity index (χ1n) is 5.94. The molecule has 0 aliphatic carbocycles. The van der Waals surface area contributed by atoms with Gasteiger partial charge in [-0.25, -0.2) is 4.79 Å². The van der Waals surface area contributed by atoms with Gasteiger partial charge >= 0.3 is 6.09 Å². The van der Waals surface area contributed by atoms with Crippen LogP contribution in [0.15, 0.2) is 24.3 Å². The summed E-state index contributed by atoms with van der Waals surface area (Å²) >= 11 is 6.00. The van der Waals surface area contributed by atoms with Gasteiger partial charge < -0.3 is 15.6 Å². The Balaban J connectivity index is 2.83. The number of hydrogen-bond acceptors (Lipinski definition) is 3. The molecule has 1 aromatic rings. The fourth-order valence-corrected chi connectivity index (χ4v) is 2.00. The molecular formula is C13H18ClNO3. The van der Waals surface area contributed by atoms with Crippen molar-refractivity contribution in [3.05, 3.63) is 34.9 Å². The normalized spacial score (nSPS) is 13.9. The monoisotopic (exact) mass is 271 g/mol. The highest BCUT2D eigenvalue weighted by molar-refractivity contribution is 6.31. The number of halogens is 1. The summed E-state index contributed by atoms with van der Waals surface area (Å²) in [7, 11) is 0. The van der Waals surface area contributed by atoms with Crippen molar-refractivity contribution < 1.29 is 14.6 Å². The number of carbonyl (C=O) groups is 1. The Bertz CT molecular complexity index is 398. The summed E-state index contributed by atoms with van der Waals surface area (Å²) in [6, 6.07) is 6.93. The lowest BCUT2D eigenvalue weighted by Crippen LogP contribution is -2.28. The second-order valence-electron chi connectivity index (χ2n) is 4.08. The number of ether oxygens (including phenoxy) is 1. The molecule has 100 valence electrons. The van der Waals surface area contributed by atoms with Crippen LogP contribution in [0.2, 0.25) is 5.02 Å². The van der Waals surface area contributed by atoms with E-state index in [1.54, 1.807) is 24.3 Å². The Morgan fingerprint density at radius 3 is 2.72 bits per heavy atom. The Labute approximate surface area is 112 Å². The van der Waals surface area contributed by atoms with Crippen LogP contribution in [0.3, 0.4) is 0 Å². The van der Waals surface area contributed by atoms with Crippen LogP contribution in [0.4, 0.5) is 4.79 Å². The van der Waals surface area contributed by atoms with Gasteiger partial charge in [0.05, 0.1) is 0 Å². The minimum Gasteiger partial charge on any atom is -0.443 e. The number of carbonyl (C=O) groups excluding carboxylic acids is 1. The molecule has 0 radical (unpaired) electrons. The largest absolute Gasteiger partial charge is 0.443 e. The summed E-state index contributed by atoms with van der Waals surface area (Å²) in [4.78, 5) is 10.8. The molecule has 0 aliphatic heterocycles. The number of aliphatic hydroxyl groups excluding tert-OH is 1. The van der Waals surface area contributed by atoms with Gasteiger partial charge in [-0.2, -0.15) is 0 Å². The number of aliphatic hydroxyl groups is 1. The second-order valence-corrected chi connectivity index (χ2v) is 4.49. The predicted octanol–water partition coefficient (Wildman–Crippen LogP) is 3.03. The van der Waals surface area contributed by atoms with E-state index in [1.165, 1.54) is 0 Å². The molecule has 0 fully saturated rings. The van der Waals surface area contributed by atoms with Crippen LogP contribution >= 0.6 is 11.6 Å². The number of hydrogen-bond donors (Lipinski definition) is 2. The molecule has 1 amide bonds. The summed E-state index contributed by atoms with van der Waals surface area (Å²) in [6.07, 6.45) is -0.193. The summed E-state index contributed by atoms with van der Waals surface area (Å²) < 4.78 is 4.95. The van der Waals surface area contributed by atoms with Crippen molar-refractivity contribution in [2.24, 2.45) is 5.73 Å². The zero-order valence-electron chi connectivity index (χ0n) is 10.3. The van der Waals surface area contributed by atoms with E-state index in [0.29, 0.717) is 17.0 Å². The molecule has 1 rings (SSSR count). The van der Waals surface area contributed by atoms with Crippen LogP contribution in [-0.4, -0.2) is 17.3 Å². The third kappa shape index (κ3) is 4.20. The van der Waals surface area contributed by atoms with Crippen LogP contribution in [0.25, 0.3) is 0 Å². The molecule has 0 saturated heterocycles. The van der Waals surface area contributed by atoms with Gasteiger partial charge in [0.1, 0.15) is 12.2 Å². The summed E-state index contributed by atoms with van der Waals surface area (Å²) in [5, 5.41) is 10.7. The van der Waals surface area contributed by atoms with Crippen molar-refractivity contribution in [2.45, 2.75) is 38.4 Å². The first-order valence-corrected chi connectivity index (χ1v) is 6.32. The van der Waals surface area contributed by atoms with E-state index >= 15 is 0 Å². The van der Waals surface area contributed by atoms with Crippen molar-refractivity contribution in [1.29, 1.82) is 0 Å². The van der Waals surface area contributed by atoms with Crippen molar-refractivity contribution in [1.82, 2.24) is 0 Å². The van der Waals surface area contributed by atoms with Gasteiger partial charge in [-0.15, -0.1) is 0 Å². The smallest absolute Gasteiger partial charge is 0.404 e. The highest BCUT2D eigenvalue weighted by atomic mass is 35.5. The molecule has 0 saturated carbocycles. The molecule has 4 nitrogen and oxygen atoms in total. The lowest BCUT2D eigenvalue weighted by atomic mass is 10.00. The molecule has 1 aromatic carbocycles. The summed E-state index contributed by atoms with van der Waals surface area (Å²) in [5.41, 5.74) is 5.56. The highest BCUT2D eigenvalue weighted by Gasteiger charge is 2.25. The van der Waals surface area contributed by atoms with E-state index < -0.39 is 18.3 Å². The summed E-state index contributed by atoms with van der Waals surface area (Å²) in [6.45, 7) is 2.02. The maximum absolute atomic E-state index is 10.8. The number of nitrogens with two attached hydrogens (primary N) is 1. The van der Waals surface area contributed by atoms with Crippen molar-refractivity contribution in [3.63, 3.8) is 0 Å². The Kier molecular flexibility index (Phi) is 5.95. The molecule has 0 aromatic heterocycles. The quantitative estimate of drug-likeness (QED) is 0.835. The maximum atomic E-state index is 10.8. The number of benzene rings is 1. The zero-order chi connectivity index (χ0) is 13.5. The van der Waals surface area contributed by atoms with Crippen LogP contribution in [0, 0.1) is 0 Å². The molecule has 2 unspecified atom stereocenters. The Morgan fingerprint density at radius 2 is 2.17 bits per heavy atom. The standard InChI is InChI=1S/C13H18ClNO3/c1-2-3-8-11(18-13(15)17)12(16)9-6-4-5-7-10(9)14/h4-7,11-12,16H,2-3,8H2,1H3,(H2,15,17). The molecule has 0 aliphatic rings. The number of unbranched alkanes of at least 4 members (excludes halogenated alkanes) is 1. The maximum Gasteiger partial charge on any atom is 0.404 e. The third-order valence-electron chi connectivity index (χ3n) is 2.69. The van der Waals surface area contributed by atoms with E-state index in [0.717, 1.165) is 12.8 Å². The molecule has 0 bridgehead atoms. The van der Waals surface area contributed by atoms with Crippen molar-refractivity contribution in [2.75, 3.05) is 0 Å². The topological polar surface area (TPSA) is 72.5 Å². The lowest BCUT2D eigenvalue weighted by molar-refractivity contribution is -0.000250. The fourth-order valence-electron chi connectivity index (χ4n) is 1.75. The lowest BCUT2D eigenvalue weighted by Gasteiger charge is -2.23. The van der Waals surface area contributed by atoms with Gasteiger partial charge in [-0.1, -0.05) is 43.1 Å². The van der Waals surface area contributed by atoms with E-state index in [-0.39, 0.29) is 0 Å². The van der Waals surface area contributed by atoms with Crippen molar-refractivity contribution >= 4 is 17.7 Å². The minimum absolute atomic E-state index is 0.444. The van der Waals surface area contributed by atoms with Gasteiger partial charge in [-0.3, -0.25) is 0 Å². The molecule has 3 N–H and O–H groups in total.